The number of ether oxygens (including phenoxy) is 2. The molecule has 3 atom stereocenters. The first-order valence-electron chi connectivity index (χ1n) is 9.56. The molecule has 6 nitrogen and oxygen atoms in total. The summed E-state index contributed by atoms with van der Waals surface area (Å²) in [7, 11) is 3.36. The van der Waals surface area contributed by atoms with Crippen molar-refractivity contribution in [1.29, 1.82) is 0 Å². The Morgan fingerprint density at radius 3 is 2.85 bits per heavy atom. The Balaban J connectivity index is 1.81. The van der Waals surface area contributed by atoms with E-state index in [1.165, 1.54) is 0 Å². The van der Waals surface area contributed by atoms with Crippen molar-refractivity contribution >= 4 is 5.91 Å². The van der Waals surface area contributed by atoms with E-state index >= 15 is 0 Å². The molecule has 2 saturated heterocycles. The van der Waals surface area contributed by atoms with Gasteiger partial charge in [0.05, 0.1) is 19.8 Å². The summed E-state index contributed by atoms with van der Waals surface area (Å²) in [6.07, 6.45) is 1.79. The number of nitrogens with one attached hydrogen (secondary N) is 1. The molecule has 0 unspecified atom stereocenters. The molecule has 1 amide bonds. The summed E-state index contributed by atoms with van der Waals surface area (Å²) in [6, 6.07) is 8.76. The SMILES string of the molecule is CC[C@@H]1CN2[C@@H](CN1)CN(CCOC)C(=O)[C@H]2Cc1cccc(OC)c1. The Morgan fingerprint density at radius 1 is 1.27 bits per heavy atom. The van der Waals surface area contributed by atoms with Gasteiger partial charge in [-0.2, -0.15) is 0 Å². The Kier molecular flexibility index (Phi) is 6.51. The third kappa shape index (κ3) is 4.19. The lowest BCUT2D eigenvalue weighted by Crippen LogP contribution is -2.70. The van der Waals surface area contributed by atoms with Crippen LogP contribution in [0.1, 0.15) is 18.9 Å². The van der Waals surface area contributed by atoms with Crippen LogP contribution in [0, 0.1) is 0 Å². The molecule has 2 aliphatic rings. The van der Waals surface area contributed by atoms with Gasteiger partial charge in [0.25, 0.3) is 0 Å². The molecule has 0 spiro atoms. The van der Waals surface area contributed by atoms with Crippen LogP contribution in [0.5, 0.6) is 5.75 Å². The standard InChI is InChI=1S/C20H31N3O3/c1-4-16-13-23-17(12-21-16)14-22(8-9-25-2)20(24)19(23)11-15-6-5-7-18(10-15)26-3/h5-7,10,16-17,19,21H,4,8-9,11-14H2,1-3H3/t16-,17+,19-/m1/s1. The molecule has 3 rings (SSSR count). The third-order valence-electron chi connectivity index (χ3n) is 5.59. The van der Waals surface area contributed by atoms with Gasteiger partial charge in [-0.15, -0.1) is 0 Å². The predicted octanol–water partition coefficient (Wildman–Crippen LogP) is 1.15. The average Bonchev–Trinajstić information content (AvgIpc) is 2.68. The Labute approximate surface area is 156 Å². The zero-order valence-corrected chi connectivity index (χ0v) is 16.1. The third-order valence-corrected chi connectivity index (χ3v) is 5.59. The molecular formula is C20H31N3O3. The first kappa shape index (κ1) is 19.1. The molecule has 1 N–H and O–H groups in total. The van der Waals surface area contributed by atoms with Crippen molar-refractivity contribution in [3.63, 3.8) is 0 Å². The molecule has 26 heavy (non-hydrogen) atoms. The van der Waals surface area contributed by atoms with Crippen molar-refractivity contribution in [2.75, 3.05) is 47.0 Å². The number of benzene rings is 1. The Hall–Kier alpha value is -1.63. The summed E-state index contributed by atoms with van der Waals surface area (Å²) in [5.41, 5.74) is 1.14. The largest absolute Gasteiger partial charge is 0.497 e. The number of fused-ring (bicyclic) bond motifs is 1. The molecule has 0 bridgehead atoms. The minimum absolute atomic E-state index is 0.117. The van der Waals surface area contributed by atoms with Gasteiger partial charge in [0.2, 0.25) is 5.91 Å². The molecule has 6 heteroatoms. The number of nitrogens with zero attached hydrogens (tertiary/aromatic N) is 2. The summed E-state index contributed by atoms with van der Waals surface area (Å²) in [4.78, 5) is 17.6. The highest BCUT2D eigenvalue weighted by Crippen LogP contribution is 2.25. The van der Waals surface area contributed by atoms with Gasteiger partial charge in [-0.25, -0.2) is 0 Å². The van der Waals surface area contributed by atoms with Crippen LogP contribution >= 0.6 is 0 Å². The molecule has 2 aliphatic heterocycles. The number of rotatable bonds is 7. The molecule has 2 heterocycles. The van der Waals surface area contributed by atoms with Crippen molar-refractivity contribution in [2.45, 2.75) is 37.9 Å². The van der Waals surface area contributed by atoms with Crippen molar-refractivity contribution in [2.24, 2.45) is 0 Å². The van der Waals surface area contributed by atoms with Crippen LogP contribution in [0.15, 0.2) is 24.3 Å². The number of methoxy groups -OCH3 is 2. The van der Waals surface area contributed by atoms with E-state index in [1.54, 1.807) is 14.2 Å². The van der Waals surface area contributed by atoms with Gasteiger partial charge in [0.1, 0.15) is 5.75 Å². The second-order valence-corrected chi connectivity index (χ2v) is 7.21. The predicted molar refractivity (Wildman–Crippen MR) is 102 cm³/mol. The normalized spacial score (nSPS) is 26.7. The molecule has 1 aromatic rings. The maximum absolute atomic E-state index is 13.2. The molecule has 144 valence electrons. The molecule has 0 saturated carbocycles. The van der Waals surface area contributed by atoms with E-state index in [0.29, 0.717) is 31.7 Å². The second-order valence-electron chi connectivity index (χ2n) is 7.21. The number of hydrogen-bond donors (Lipinski definition) is 1. The number of carbonyl (C=O) groups is 1. The Morgan fingerprint density at radius 2 is 2.12 bits per heavy atom. The molecule has 2 fully saturated rings. The van der Waals surface area contributed by atoms with E-state index in [1.807, 2.05) is 23.1 Å². The van der Waals surface area contributed by atoms with E-state index in [9.17, 15) is 4.79 Å². The molecule has 1 aromatic carbocycles. The van der Waals surface area contributed by atoms with Gasteiger partial charge in [-0.1, -0.05) is 19.1 Å². The maximum Gasteiger partial charge on any atom is 0.240 e. The zero-order valence-electron chi connectivity index (χ0n) is 16.1. The quantitative estimate of drug-likeness (QED) is 0.790. The van der Waals surface area contributed by atoms with E-state index in [2.05, 4.69) is 23.2 Å². The van der Waals surface area contributed by atoms with E-state index < -0.39 is 0 Å². The summed E-state index contributed by atoms with van der Waals surface area (Å²) in [6.45, 7) is 6.08. The Bertz CT molecular complexity index is 610. The van der Waals surface area contributed by atoms with Crippen LogP contribution in [0.2, 0.25) is 0 Å². The monoisotopic (exact) mass is 361 g/mol. The van der Waals surface area contributed by atoms with Gasteiger partial charge < -0.3 is 19.7 Å². The van der Waals surface area contributed by atoms with E-state index in [-0.39, 0.29) is 11.9 Å². The first-order valence-corrected chi connectivity index (χ1v) is 9.56. The molecule has 0 aliphatic carbocycles. The fraction of sp³-hybridized carbons (Fsp3) is 0.650. The van der Waals surface area contributed by atoms with Crippen molar-refractivity contribution in [3.8, 4) is 5.75 Å². The zero-order chi connectivity index (χ0) is 18.5. The average molecular weight is 361 g/mol. The minimum atomic E-state index is -0.117. The van der Waals surface area contributed by atoms with Crippen LogP contribution in [-0.2, 0) is 16.0 Å². The van der Waals surface area contributed by atoms with Gasteiger partial charge in [0, 0.05) is 45.4 Å². The lowest BCUT2D eigenvalue weighted by molar-refractivity contribution is -0.147. The van der Waals surface area contributed by atoms with Gasteiger partial charge in [-0.3, -0.25) is 9.69 Å². The van der Waals surface area contributed by atoms with E-state index in [0.717, 1.165) is 37.4 Å². The highest BCUT2D eigenvalue weighted by atomic mass is 16.5. The fourth-order valence-electron chi connectivity index (χ4n) is 4.04. The summed E-state index contributed by atoms with van der Waals surface area (Å²) in [5, 5.41) is 3.63. The number of hydrogen-bond acceptors (Lipinski definition) is 5. The topological polar surface area (TPSA) is 54.0 Å². The van der Waals surface area contributed by atoms with Crippen LogP contribution < -0.4 is 10.1 Å². The highest BCUT2D eigenvalue weighted by Gasteiger charge is 2.42. The van der Waals surface area contributed by atoms with Crippen LogP contribution in [-0.4, -0.2) is 80.8 Å². The van der Waals surface area contributed by atoms with Crippen molar-refractivity contribution in [1.82, 2.24) is 15.1 Å². The number of amides is 1. The van der Waals surface area contributed by atoms with Gasteiger partial charge >= 0.3 is 0 Å². The minimum Gasteiger partial charge on any atom is -0.497 e. The summed E-state index contributed by atoms with van der Waals surface area (Å²) < 4.78 is 10.6. The summed E-state index contributed by atoms with van der Waals surface area (Å²) >= 11 is 0. The highest BCUT2D eigenvalue weighted by molar-refractivity contribution is 5.83. The first-order chi connectivity index (χ1) is 12.7. The molecular weight excluding hydrogens is 330 g/mol. The number of piperazine rings is 2. The lowest BCUT2D eigenvalue weighted by Gasteiger charge is -2.50. The number of carbonyl (C=O) groups excluding carboxylic acids is 1. The van der Waals surface area contributed by atoms with Gasteiger partial charge in [0.15, 0.2) is 0 Å². The summed E-state index contributed by atoms with van der Waals surface area (Å²) in [5.74, 6) is 1.06. The van der Waals surface area contributed by atoms with Gasteiger partial charge in [-0.05, 0) is 30.5 Å². The van der Waals surface area contributed by atoms with Crippen molar-refractivity contribution < 1.29 is 14.3 Å². The van der Waals surface area contributed by atoms with Crippen LogP contribution in [0.3, 0.4) is 0 Å². The maximum atomic E-state index is 13.2. The fourth-order valence-corrected chi connectivity index (χ4v) is 4.04. The van der Waals surface area contributed by atoms with E-state index in [4.69, 9.17) is 9.47 Å². The lowest BCUT2D eigenvalue weighted by atomic mass is 9.94. The smallest absolute Gasteiger partial charge is 0.240 e. The van der Waals surface area contributed by atoms with Crippen molar-refractivity contribution in [3.05, 3.63) is 29.8 Å². The molecule has 0 radical (unpaired) electrons. The van der Waals surface area contributed by atoms with Crippen LogP contribution in [0.4, 0.5) is 0 Å². The second kappa shape index (κ2) is 8.84. The van der Waals surface area contributed by atoms with Crippen LogP contribution in [0.25, 0.3) is 0 Å². The molecule has 0 aromatic heterocycles.